The van der Waals surface area contributed by atoms with Gasteiger partial charge < -0.3 is 10.6 Å². The van der Waals surface area contributed by atoms with E-state index >= 15 is 0 Å². The lowest BCUT2D eigenvalue weighted by atomic mass is 10.2. The Labute approximate surface area is 107 Å². The number of nitrogens with one attached hydrogen (secondary N) is 2. The minimum absolute atomic E-state index is 0.558. The van der Waals surface area contributed by atoms with Crippen LogP contribution in [0.4, 0.5) is 5.69 Å². The topological polar surface area (TPSA) is 24.1 Å². The second-order valence-corrected chi connectivity index (χ2v) is 4.66. The molecule has 1 atom stereocenters. The van der Waals surface area contributed by atoms with Gasteiger partial charge in [0.2, 0.25) is 0 Å². The summed E-state index contributed by atoms with van der Waals surface area (Å²) in [7, 11) is 0. The Hall–Kier alpha value is -0.440. The molecule has 0 spiro atoms. The Morgan fingerprint density at radius 1 is 1.25 bits per heavy atom. The Morgan fingerprint density at radius 2 is 2.00 bits per heavy atom. The zero-order valence-electron chi connectivity index (χ0n) is 9.69. The van der Waals surface area contributed by atoms with E-state index in [1.165, 1.54) is 0 Å². The van der Waals surface area contributed by atoms with Crippen molar-refractivity contribution in [2.75, 3.05) is 18.4 Å². The van der Waals surface area contributed by atoms with Crippen molar-refractivity contribution >= 4 is 28.9 Å². The molecule has 0 saturated heterocycles. The summed E-state index contributed by atoms with van der Waals surface area (Å²) in [4.78, 5) is 0. The average molecular weight is 261 g/mol. The van der Waals surface area contributed by atoms with Gasteiger partial charge in [-0.3, -0.25) is 0 Å². The molecule has 1 aromatic rings. The molecule has 0 aliphatic carbocycles. The second-order valence-electron chi connectivity index (χ2n) is 3.81. The molecule has 0 amide bonds. The van der Waals surface area contributed by atoms with E-state index < -0.39 is 0 Å². The molecular weight excluding hydrogens is 243 g/mol. The fourth-order valence-corrected chi connectivity index (χ4v) is 1.77. The highest BCUT2D eigenvalue weighted by atomic mass is 35.5. The summed E-state index contributed by atoms with van der Waals surface area (Å²) in [5.41, 5.74) is 0.928. The lowest BCUT2D eigenvalue weighted by Gasteiger charge is -2.13. The van der Waals surface area contributed by atoms with E-state index in [4.69, 9.17) is 23.2 Å². The van der Waals surface area contributed by atoms with Crippen LogP contribution < -0.4 is 10.6 Å². The molecule has 4 heteroatoms. The van der Waals surface area contributed by atoms with E-state index in [1.807, 2.05) is 12.1 Å². The summed E-state index contributed by atoms with van der Waals surface area (Å²) in [6.07, 6.45) is 1.14. The number of hydrogen-bond donors (Lipinski definition) is 2. The van der Waals surface area contributed by atoms with Gasteiger partial charge in [0.25, 0.3) is 0 Å². The number of hydrogen-bond acceptors (Lipinski definition) is 2. The molecule has 0 fully saturated rings. The first-order valence-electron chi connectivity index (χ1n) is 5.55. The van der Waals surface area contributed by atoms with Crippen LogP contribution in [0.2, 0.25) is 10.0 Å². The highest BCUT2D eigenvalue weighted by Crippen LogP contribution is 2.24. The van der Waals surface area contributed by atoms with Crippen LogP contribution in [0, 0.1) is 0 Å². The highest BCUT2D eigenvalue weighted by Gasteiger charge is 2.00. The Bertz CT molecular complexity index is 329. The highest BCUT2D eigenvalue weighted by molar-refractivity contribution is 6.36. The summed E-state index contributed by atoms with van der Waals surface area (Å²) < 4.78 is 0. The SMILES string of the molecule is CCC(C)NCCNc1ccc(Cl)cc1Cl. The van der Waals surface area contributed by atoms with Gasteiger partial charge in [0.1, 0.15) is 0 Å². The van der Waals surface area contributed by atoms with Gasteiger partial charge in [0, 0.05) is 24.2 Å². The summed E-state index contributed by atoms with van der Waals surface area (Å²) in [5.74, 6) is 0. The molecule has 2 N–H and O–H groups in total. The fraction of sp³-hybridized carbons (Fsp3) is 0.500. The molecule has 0 heterocycles. The third-order valence-corrected chi connectivity index (χ3v) is 3.02. The molecule has 0 saturated carbocycles. The second kappa shape index (κ2) is 7.00. The molecule has 16 heavy (non-hydrogen) atoms. The van der Waals surface area contributed by atoms with Crippen LogP contribution in [-0.4, -0.2) is 19.1 Å². The first-order valence-corrected chi connectivity index (χ1v) is 6.31. The van der Waals surface area contributed by atoms with Crippen molar-refractivity contribution in [3.8, 4) is 0 Å². The van der Waals surface area contributed by atoms with Crippen molar-refractivity contribution in [3.05, 3.63) is 28.2 Å². The van der Waals surface area contributed by atoms with E-state index in [9.17, 15) is 0 Å². The maximum atomic E-state index is 6.03. The Balaban J connectivity index is 2.32. The van der Waals surface area contributed by atoms with Crippen LogP contribution in [-0.2, 0) is 0 Å². The molecule has 1 aromatic carbocycles. The average Bonchev–Trinajstić information content (AvgIpc) is 2.26. The number of anilines is 1. The van der Waals surface area contributed by atoms with Crippen molar-refractivity contribution in [1.29, 1.82) is 0 Å². The van der Waals surface area contributed by atoms with Gasteiger partial charge >= 0.3 is 0 Å². The van der Waals surface area contributed by atoms with Gasteiger partial charge in [0.15, 0.2) is 0 Å². The normalized spacial score (nSPS) is 12.5. The van der Waals surface area contributed by atoms with Crippen LogP contribution in [0.15, 0.2) is 18.2 Å². The van der Waals surface area contributed by atoms with Gasteiger partial charge in [0.05, 0.1) is 10.7 Å². The van der Waals surface area contributed by atoms with Crippen LogP contribution in [0.25, 0.3) is 0 Å². The summed E-state index contributed by atoms with van der Waals surface area (Å²) >= 11 is 11.8. The first kappa shape index (κ1) is 13.6. The fourth-order valence-electron chi connectivity index (χ4n) is 1.29. The minimum atomic E-state index is 0.558. The third kappa shape index (κ3) is 4.60. The predicted molar refractivity (Wildman–Crippen MR) is 72.7 cm³/mol. The summed E-state index contributed by atoms with van der Waals surface area (Å²) in [6.45, 7) is 6.12. The smallest absolute Gasteiger partial charge is 0.0652 e. The molecule has 0 aliphatic rings. The van der Waals surface area contributed by atoms with E-state index in [-0.39, 0.29) is 0 Å². The van der Waals surface area contributed by atoms with Gasteiger partial charge in [-0.2, -0.15) is 0 Å². The Morgan fingerprint density at radius 3 is 2.62 bits per heavy atom. The van der Waals surface area contributed by atoms with Gasteiger partial charge in [-0.15, -0.1) is 0 Å². The van der Waals surface area contributed by atoms with Crippen molar-refractivity contribution in [1.82, 2.24) is 5.32 Å². The van der Waals surface area contributed by atoms with Gasteiger partial charge in [-0.05, 0) is 31.5 Å². The first-order chi connectivity index (χ1) is 7.63. The van der Waals surface area contributed by atoms with Crippen molar-refractivity contribution in [3.63, 3.8) is 0 Å². The number of halogens is 2. The van der Waals surface area contributed by atoms with E-state index in [2.05, 4.69) is 24.5 Å². The van der Waals surface area contributed by atoms with Crippen molar-refractivity contribution in [2.24, 2.45) is 0 Å². The third-order valence-electron chi connectivity index (χ3n) is 2.48. The lowest BCUT2D eigenvalue weighted by Crippen LogP contribution is -2.30. The predicted octanol–water partition coefficient (Wildman–Crippen LogP) is 3.79. The van der Waals surface area contributed by atoms with Crippen LogP contribution >= 0.6 is 23.2 Å². The lowest BCUT2D eigenvalue weighted by molar-refractivity contribution is 0.546. The van der Waals surface area contributed by atoms with Crippen molar-refractivity contribution < 1.29 is 0 Å². The van der Waals surface area contributed by atoms with E-state index in [1.54, 1.807) is 6.07 Å². The molecule has 0 aromatic heterocycles. The molecule has 1 unspecified atom stereocenters. The standard InChI is InChI=1S/C12H18Cl2N2/c1-3-9(2)15-6-7-16-12-5-4-10(13)8-11(12)14/h4-5,8-9,15-16H,3,6-7H2,1-2H3. The molecule has 2 nitrogen and oxygen atoms in total. The molecular formula is C12H18Cl2N2. The molecule has 0 radical (unpaired) electrons. The van der Waals surface area contributed by atoms with Crippen LogP contribution in [0.3, 0.4) is 0 Å². The van der Waals surface area contributed by atoms with Gasteiger partial charge in [-0.25, -0.2) is 0 Å². The van der Waals surface area contributed by atoms with Gasteiger partial charge in [-0.1, -0.05) is 30.1 Å². The van der Waals surface area contributed by atoms with Crippen molar-refractivity contribution in [2.45, 2.75) is 26.3 Å². The maximum Gasteiger partial charge on any atom is 0.0652 e. The largest absolute Gasteiger partial charge is 0.383 e. The zero-order chi connectivity index (χ0) is 12.0. The monoisotopic (exact) mass is 260 g/mol. The molecule has 0 aliphatic heterocycles. The van der Waals surface area contributed by atoms with Crippen LogP contribution in [0.5, 0.6) is 0 Å². The maximum absolute atomic E-state index is 6.03. The molecule has 1 rings (SSSR count). The summed E-state index contributed by atoms with van der Waals surface area (Å²) in [5, 5.41) is 7.99. The van der Waals surface area contributed by atoms with E-state index in [0.29, 0.717) is 16.1 Å². The number of rotatable bonds is 6. The van der Waals surface area contributed by atoms with E-state index in [0.717, 1.165) is 25.2 Å². The minimum Gasteiger partial charge on any atom is -0.383 e. The quantitative estimate of drug-likeness (QED) is 0.761. The van der Waals surface area contributed by atoms with Crippen LogP contribution in [0.1, 0.15) is 20.3 Å². The zero-order valence-corrected chi connectivity index (χ0v) is 11.2. The number of benzene rings is 1. The Kier molecular flexibility index (Phi) is 5.96. The summed E-state index contributed by atoms with van der Waals surface area (Å²) in [6, 6.07) is 6.03. The molecule has 0 bridgehead atoms. The molecule has 90 valence electrons.